The van der Waals surface area contributed by atoms with Crippen molar-refractivity contribution >= 4 is 22.8 Å². The fourth-order valence-corrected chi connectivity index (χ4v) is 2.63. The molecule has 2 aliphatic rings. The second-order valence-electron chi connectivity index (χ2n) is 4.99. The Labute approximate surface area is 118 Å². The molecule has 1 aromatic heterocycles. The van der Waals surface area contributed by atoms with Crippen molar-refractivity contribution in [3.63, 3.8) is 0 Å². The van der Waals surface area contributed by atoms with Gasteiger partial charge in [-0.15, -0.1) is 5.10 Å². The minimum atomic E-state index is -0.739. The van der Waals surface area contributed by atoms with Gasteiger partial charge in [0, 0.05) is 7.05 Å². The number of benzene rings is 1. The fraction of sp³-hybridized carbons (Fsp3) is 0.333. The topological polar surface area (TPSA) is 96.1 Å². The lowest BCUT2D eigenvalue weighted by Crippen LogP contribution is -2.39. The second kappa shape index (κ2) is 4.08. The molecule has 1 saturated heterocycles. The first-order valence-electron chi connectivity index (χ1n) is 6.44. The highest BCUT2D eigenvalue weighted by Gasteiger charge is 2.52. The minimum absolute atomic E-state index is 0.220. The molecule has 1 aromatic carbocycles. The third kappa shape index (κ3) is 1.57. The summed E-state index contributed by atoms with van der Waals surface area (Å²) in [4.78, 5) is 25.0. The highest BCUT2D eigenvalue weighted by Crippen LogP contribution is 2.27. The molecule has 2 amide bonds. The number of carbonyl (C=O) groups excluding carboxylic acids is 2. The average Bonchev–Trinajstić information content (AvgIpc) is 3.15. The molecule has 0 radical (unpaired) electrons. The number of fused-ring (bicyclic) bond motifs is 2. The van der Waals surface area contributed by atoms with Crippen molar-refractivity contribution < 1.29 is 9.59 Å². The van der Waals surface area contributed by atoms with Crippen LogP contribution in [-0.4, -0.2) is 55.8 Å². The Bertz CT molecular complexity index is 783. The highest BCUT2D eigenvalue weighted by atomic mass is 16.2. The fourth-order valence-electron chi connectivity index (χ4n) is 2.63. The molecular weight excluding hydrogens is 274 g/mol. The number of nitrogens with zero attached hydrogens (tertiary/aromatic N) is 7. The summed E-state index contributed by atoms with van der Waals surface area (Å²) < 4.78 is 1.63. The molecule has 0 saturated carbocycles. The summed E-state index contributed by atoms with van der Waals surface area (Å²) in [5.74, 6) is -0.612. The van der Waals surface area contributed by atoms with E-state index in [1.165, 1.54) is 12.1 Å². The average molecular weight is 285 g/mol. The monoisotopic (exact) mass is 285 g/mol. The van der Waals surface area contributed by atoms with E-state index in [2.05, 4.69) is 20.6 Å². The lowest BCUT2D eigenvalue weighted by atomic mass is 10.2. The number of para-hydroxylation sites is 1. The van der Waals surface area contributed by atoms with Crippen LogP contribution < -0.4 is 0 Å². The van der Waals surface area contributed by atoms with Gasteiger partial charge in [0.05, 0.1) is 5.52 Å². The van der Waals surface area contributed by atoms with E-state index >= 15 is 0 Å². The molecule has 106 valence electrons. The predicted molar refractivity (Wildman–Crippen MR) is 69.6 cm³/mol. The molecule has 4 rings (SSSR count). The standard InChI is InChI=1S/C12H11N7O2/c1-17-11(20)9-10(12(17)21)19(16-14-9)6-18-8-5-3-2-4-7(8)13-15-18/h2-5,9-10H,6H2,1H3/t9-,10+/m0/s1. The van der Waals surface area contributed by atoms with Crippen LogP contribution in [0.4, 0.5) is 0 Å². The molecule has 0 N–H and O–H groups in total. The Morgan fingerprint density at radius 1 is 1.19 bits per heavy atom. The van der Waals surface area contributed by atoms with Crippen LogP contribution in [0.5, 0.6) is 0 Å². The SMILES string of the molecule is CN1C(=O)[C@H]2N=NN(Cn3nnc4ccccc43)[C@H]2C1=O. The maximum atomic E-state index is 12.1. The smallest absolute Gasteiger partial charge is 0.258 e. The number of rotatable bonds is 2. The second-order valence-corrected chi connectivity index (χ2v) is 4.99. The number of aromatic nitrogens is 3. The Morgan fingerprint density at radius 3 is 2.86 bits per heavy atom. The summed E-state index contributed by atoms with van der Waals surface area (Å²) in [6.07, 6.45) is 0. The van der Waals surface area contributed by atoms with Crippen molar-refractivity contribution in [3.05, 3.63) is 24.3 Å². The van der Waals surface area contributed by atoms with Crippen molar-refractivity contribution in [2.45, 2.75) is 18.8 Å². The number of hydrogen-bond acceptors (Lipinski definition) is 7. The first-order valence-corrected chi connectivity index (χ1v) is 6.44. The van der Waals surface area contributed by atoms with Gasteiger partial charge in [-0.3, -0.25) is 14.5 Å². The van der Waals surface area contributed by atoms with Crippen LogP contribution in [0, 0.1) is 0 Å². The number of hydrogen-bond donors (Lipinski definition) is 0. The molecular formula is C12H11N7O2. The molecule has 0 unspecified atom stereocenters. The van der Waals surface area contributed by atoms with Crippen LogP contribution >= 0.6 is 0 Å². The molecule has 2 aliphatic heterocycles. The predicted octanol–water partition coefficient (Wildman–Crippen LogP) is -0.193. The van der Waals surface area contributed by atoms with Gasteiger partial charge in [-0.05, 0) is 12.1 Å². The zero-order valence-corrected chi connectivity index (χ0v) is 11.1. The summed E-state index contributed by atoms with van der Waals surface area (Å²) >= 11 is 0. The third-order valence-electron chi connectivity index (χ3n) is 3.78. The molecule has 2 atom stereocenters. The lowest BCUT2D eigenvalue weighted by Gasteiger charge is -2.18. The lowest BCUT2D eigenvalue weighted by molar-refractivity contribution is -0.138. The molecule has 0 bridgehead atoms. The molecule has 0 aliphatic carbocycles. The number of likely N-dealkylation sites (tertiary alicyclic amines) is 1. The van der Waals surface area contributed by atoms with E-state index < -0.39 is 12.1 Å². The summed E-state index contributed by atoms with van der Waals surface area (Å²) in [5, 5.41) is 17.4. The molecule has 9 nitrogen and oxygen atoms in total. The Morgan fingerprint density at radius 2 is 2.00 bits per heavy atom. The summed E-state index contributed by atoms with van der Waals surface area (Å²) in [6, 6.07) is 6.08. The van der Waals surface area contributed by atoms with E-state index in [1.54, 1.807) is 4.68 Å². The van der Waals surface area contributed by atoms with Gasteiger partial charge >= 0.3 is 0 Å². The molecule has 0 spiro atoms. The van der Waals surface area contributed by atoms with Crippen LogP contribution in [-0.2, 0) is 16.3 Å². The van der Waals surface area contributed by atoms with Gasteiger partial charge in [0.1, 0.15) is 12.2 Å². The van der Waals surface area contributed by atoms with Gasteiger partial charge in [0.15, 0.2) is 12.1 Å². The van der Waals surface area contributed by atoms with Gasteiger partial charge in [-0.2, -0.15) is 5.11 Å². The van der Waals surface area contributed by atoms with E-state index in [4.69, 9.17) is 0 Å². The van der Waals surface area contributed by atoms with E-state index in [1.807, 2.05) is 24.3 Å². The van der Waals surface area contributed by atoms with Crippen molar-refractivity contribution in [2.75, 3.05) is 7.05 Å². The molecule has 9 heteroatoms. The molecule has 2 aromatic rings. The van der Waals surface area contributed by atoms with E-state index in [0.29, 0.717) is 0 Å². The van der Waals surface area contributed by atoms with Crippen molar-refractivity contribution in [3.8, 4) is 0 Å². The first kappa shape index (κ1) is 11.9. The molecule has 1 fully saturated rings. The van der Waals surface area contributed by atoms with Gasteiger partial charge in [0.25, 0.3) is 11.8 Å². The Kier molecular flexibility index (Phi) is 2.32. The van der Waals surface area contributed by atoms with Crippen molar-refractivity contribution in [2.24, 2.45) is 10.3 Å². The van der Waals surface area contributed by atoms with Gasteiger partial charge in [-0.1, -0.05) is 22.6 Å². The molecule has 3 heterocycles. The zero-order chi connectivity index (χ0) is 14.6. The van der Waals surface area contributed by atoms with Crippen molar-refractivity contribution in [1.29, 1.82) is 0 Å². The van der Waals surface area contributed by atoms with Gasteiger partial charge < -0.3 is 0 Å². The van der Waals surface area contributed by atoms with Crippen LogP contribution in [0.1, 0.15) is 0 Å². The maximum Gasteiger partial charge on any atom is 0.258 e. The van der Waals surface area contributed by atoms with Crippen LogP contribution in [0.3, 0.4) is 0 Å². The number of likely N-dealkylation sites (N-methyl/N-ethyl adjacent to an activating group) is 1. The summed E-state index contributed by atoms with van der Waals surface area (Å²) in [7, 11) is 1.46. The first-order chi connectivity index (χ1) is 10.2. The Hall–Kier alpha value is -2.84. The Balaban J connectivity index is 1.65. The van der Waals surface area contributed by atoms with E-state index in [9.17, 15) is 9.59 Å². The van der Waals surface area contributed by atoms with Gasteiger partial charge in [-0.25, -0.2) is 9.69 Å². The van der Waals surface area contributed by atoms with Crippen LogP contribution in [0.25, 0.3) is 11.0 Å². The van der Waals surface area contributed by atoms with E-state index in [-0.39, 0.29) is 18.5 Å². The zero-order valence-electron chi connectivity index (χ0n) is 11.1. The third-order valence-corrected chi connectivity index (χ3v) is 3.78. The van der Waals surface area contributed by atoms with Crippen molar-refractivity contribution in [1.82, 2.24) is 24.9 Å². The molecule has 21 heavy (non-hydrogen) atoms. The number of imide groups is 1. The van der Waals surface area contributed by atoms with Crippen LogP contribution in [0.2, 0.25) is 0 Å². The summed E-state index contributed by atoms with van der Waals surface area (Å²) in [6.45, 7) is 0.220. The van der Waals surface area contributed by atoms with Crippen LogP contribution in [0.15, 0.2) is 34.6 Å². The normalized spacial score (nSPS) is 24.4. The largest absolute Gasteiger partial charge is 0.282 e. The number of carbonyl (C=O) groups is 2. The summed E-state index contributed by atoms with van der Waals surface area (Å²) in [5.41, 5.74) is 1.59. The van der Waals surface area contributed by atoms with E-state index in [0.717, 1.165) is 15.9 Å². The highest BCUT2D eigenvalue weighted by molar-refractivity contribution is 6.09. The maximum absolute atomic E-state index is 12.1. The minimum Gasteiger partial charge on any atom is -0.282 e. The van der Waals surface area contributed by atoms with Gasteiger partial charge in [0.2, 0.25) is 0 Å². The quantitative estimate of drug-likeness (QED) is 0.712. The number of amides is 2.